The second-order valence-corrected chi connectivity index (χ2v) is 8.00. The van der Waals surface area contributed by atoms with E-state index in [-0.39, 0.29) is 11.3 Å². The zero-order valence-corrected chi connectivity index (χ0v) is 18.3. The Hall–Kier alpha value is -4.72. The highest BCUT2D eigenvalue weighted by molar-refractivity contribution is 6.32. The van der Waals surface area contributed by atoms with Crippen LogP contribution in [0.25, 0.3) is 17.0 Å². The summed E-state index contributed by atoms with van der Waals surface area (Å²) in [5.41, 5.74) is 6.57. The first-order chi connectivity index (χ1) is 16.4. The van der Waals surface area contributed by atoms with Crippen LogP contribution in [0.1, 0.15) is 16.8 Å². The number of nitro benzene ring substituents is 1. The van der Waals surface area contributed by atoms with Crippen LogP contribution in [-0.2, 0) is 16.1 Å². The number of fused-ring (bicyclic) bond motifs is 1. The van der Waals surface area contributed by atoms with E-state index in [4.69, 9.17) is 0 Å². The Bertz CT molecular complexity index is 1490. The third kappa shape index (κ3) is 3.61. The molecule has 1 fully saturated rings. The Morgan fingerprint density at radius 1 is 0.971 bits per heavy atom. The number of benzene rings is 3. The minimum Gasteiger partial charge on any atom is -0.340 e. The number of para-hydroxylation sites is 2. The van der Waals surface area contributed by atoms with Gasteiger partial charge in [0.05, 0.1) is 10.6 Å². The van der Waals surface area contributed by atoms with E-state index in [9.17, 15) is 19.7 Å². The Balaban J connectivity index is 1.58. The summed E-state index contributed by atoms with van der Waals surface area (Å²) in [6.45, 7) is 2.32. The van der Waals surface area contributed by atoms with Gasteiger partial charge in [-0.05, 0) is 36.8 Å². The number of amides is 2. The monoisotopic (exact) mass is 452 g/mol. The second-order valence-electron chi connectivity index (χ2n) is 8.00. The fraction of sp³-hybridized carbons (Fsp3) is 0.0769. The number of hydrogen-bond donors (Lipinski definition) is 1. The molecule has 1 N–H and O–H groups in total. The molecule has 1 aliphatic heterocycles. The largest absolute Gasteiger partial charge is 0.340 e. The zero-order chi connectivity index (χ0) is 23.8. The van der Waals surface area contributed by atoms with E-state index in [0.717, 1.165) is 27.7 Å². The number of carbonyl (C=O) groups excluding carboxylic acids is 2. The highest BCUT2D eigenvalue weighted by atomic mass is 16.6. The van der Waals surface area contributed by atoms with E-state index in [1.54, 1.807) is 42.5 Å². The van der Waals surface area contributed by atoms with Crippen molar-refractivity contribution in [1.29, 1.82) is 0 Å². The molecule has 0 unspecified atom stereocenters. The van der Waals surface area contributed by atoms with Crippen molar-refractivity contribution in [2.45, 2.75) is 13.5 Å². The lowest BCUT2D eigenvalue weighted by Crippen LogP contribution is -2.35. The first-order valence-electron chi connectivity index (χ1n) is 10.7. The van der Waals surface area contributed by atoms with Crippen molar-refractivity contribution < 1.29 is 14.5 Å². The van der Waals surface area contributed by atoms with E-state index in [0.29, 0.717) is 12.2 Å². The van der Waals surface area contributed by atoms with Gasteiger partial charge in [0.15, 0.2) is 0 Å². The van der Waals surface area contributed by atoms with E-state index >= 15 is 0 Å². The quantitative estimate of drug-likeness (QED) is 0.210. The van der Waals surface area contributed by atoms with Crippen LogP contribution in [-0.4, -0.2) is 21.3 Å². The smallest absolute Gasteiger partial charge is 0.282 e. The molecule has 0 atom stereocenters. The Kier molecular flexibility index (Phi) is 5.18. The van der Waals surface area contributed by atoms with Crippen LogP contribution in [0, 0.1) is 17.0 Å². The van der Waals surface area contributed by atoms with Gasteiger partial charge in [-0.2, -0.15) is 0 Å². The molecule has 1 aliphatic rings. The molecular weight excluding hydrogens is 432 g/mol. The number of hydrogen-bond acceptors (Lipinski definition) is 4. The van der Waals surface area contributed by atoms with Gasteiger partial charge < -0.3 is 4.57 Å². The number of nitrogens with one attached hydrogen (secondary N) is 1. The number of carbonyl (C=O) groups is 2. The summed E-state index contributed by atoms with van der Waals surface area (Å²) in [5, 5.41) is 13.3. The number of hydrazine groups is 1. The maximum atomic E-state index is 13.1. The predicted molar refractivity (Wildman–Crippen MR) is 129 cm³/mol. The van der Waals surface area contributed by atoms with Crippen LogP contribution in [0.4, 0.5) is 11.4 Å². The van der Waals surface area contributed by atoms with Crippen LogP contribution in [0.15, 0.2) is 84.4 Å². The normalized spacial score (nSPS) is 14.7. The molecule has 2 amide bonds. The fourth-order valence-corrected chi connectivity index (χ4v) is 4.26. The lowest BCUT2D eigenvalue weighted by molar-refractivity contribution is -0.384. The molecule has 168 valence electrons. The Morgan fingerprint density at radius 2 is 1.71 bits per heavy atom. The zero-order valence-electron chi connectivity index (χ0n) is 18.3. The van der Waals surface area contributed by atoms with Gasteiger partial charge in [-0.25, -0.2) is 5.01 Å². The van der Waals surface area contributed by atoms with Gasteiger partial charge in [-0.3, -0.25) is 25.1 Å². The molecule has 0 spiro atoms. The molecule has 1 saturated heterocycles. The van der Waals surface area contributed by atoms with Crippen molar-refractivity contribution in [3.05, 3.63) is 111 Å². The summed E-state index contributed by atoms with van der Waals surface area (Å²) in [6, 6.07) is 23.1. The number of rotatable bonds is 5. The number of anilines is 1. The molecule has 8 nitrogen and oxygen atoms in total. The van der Waals surface area contributed by atoms with Crippen molar-refractivity contribution in [1.82, 2.24) is 9.99 Å². The Labute approximate surface area is 194 Å². The molecule has 5 rings (SSSR count). The summed E-state index contributed by atoms with van der Waals surface area (Å²) in [5.74, 6) is -0.894. The van der Waals surface area contributed by atoms with Crippen LogP contribution in [0.2, 0.25) is 0 Å². The SMILES string of the molecule is Cc1c(C=C2C(=O)NN(c3ccccc3)C2=O)c2ccccc2n1Cc1cccc([N+](=O)[O-])c1. The van der Waals surface area contributed by atoms with E-state index in [1.165, 1.54) is 11.1 Å². The number of aromatic nitrogens is 1. The third-order valence-corrected chi connectivity index (χ3v) is 5.94. The standard InChI is InChI=1S/C26H20N4O4/c1-17-22(15-23-25(31)27-29(26(23)32)19-9-3-2-4-10-19)21-12-5-6-13-24(21)28(17)16-18-8-7-11-20(14-18)30(33)34/h2-15H,16H2,1H3,(H,27,31). The molecule has 4 aromatic rings. The van der Waals surface area contributed by atoms with E-state index < -0.39 is 16.7 Å². The Morgan fingerprint density at radius 3 is 2.47 bits per heavy atom. The average molecular weight is 452 g/mol. The maximum absolute atomic E-state index is 13.1. The summed E-state index contributed by atoms with van der Waals surface area (Å²) in [4.78, 5) is 36.6. The van der Waals surface area contributed by atoms with Gasteiger partial charge in [-0.15, -0.1) is 0 Å². The van der Waals surface area contributed by atoms with Gasteiger partial charge in [0.1, 0.15) is 5.57 Å². The molecule has 1 aromatic heterocycles. The molecule has 0 saturated carbocycles. The van der Waals surface area contributed by atoms with Gasteiger partial charge in [0.25, 0.3) is 17.5 Å². The van der Waals surface area contributed by atoms with Gasteiger partial charge in [0, 0.05) is 40.8 Å². The van der Waals surface area contributed by atoms with Crippen LogP contribution in [0.3, 0.4) is 0 Å². The summed E-state index contributed by atoms with van der Waals surface area (Å²) in [7, 11) is 0. The highest BCUT2D eigenvalue weighted by Crippen LogP contribution is 2.31. The van der Waals surface area contributed by atoms with Crippen LogP contribution >= 0.6 is 0 Å². The van der Waals surface area contributed by atoms with Crippen molar-refractivity contribution in [3.63, 3.8) is 0 Å². The first-order valence-corrected chi connectivity index (χ1v) is 10.7. The van der Waals surface area contributed by atoms with Gasteiger partial charge in [-0.1, -0.05) is 48.5 Å². The van der Waals surface area contributed by atoms with Crippen LogP contribution in [0.5, 0.6) is 0 Å². The van der Waals surface area contributed by atoms with Crippen molar-refractivity contribution >= 4 is 40.2 Å². The van der Waals surface area contributed by atoms with Crippen molar-refractivity contribution in [3.8, 4) is 0 Å². The maximum Gasteiger partial charge on any atom is 0.282 e. The molecule has 0 radical (unpaired) electrons. The minimum atomic E-state index is -0.469. The van der Waals surface area contributed by atoms with Crippen LogP contribution < -0.4 is 10.4 Å². The van der Waals surface area contributed by atoms with E-state index in [1.807, 2.05) is 47.9 Å². The summed E-state index contributed by atoms with van der Waals surface area (Å²) in [6.07, 6.45) is 1.63. The van der Waals surface area contributed by atoms with Gasteiger partial charge in [0.2, 0.25) is 0 Å². The van der Waals surface area contributed by atoms with Gasteiger partial charge >= 0.3 is 0 Å². The minimum absolute atomic E-state index is 0.0307. The summed E-state index contributed by atoms with van der Waals surface area (Å²) >= 11 is 0. The third-order valence-electron chi connectivity index (χ3n) is 5.94. The number of nitro groups is 1. The molecule has 34 heavy (non-hydrogen) atoms. The van der Waals surface area contributed by atoms with E-state index in [2.05, 4.69) is 5.43 Å². The lowest BCUT2D eigenvalue weighted by atomic mass is 10.1. The topological polar surface area (TPSA) is 97.5 Å². The molecule has 2 heterocycles. The highest BCUT2D eigenvalue weighted by Gasteiger charge is 2.34. The molecule has 8 heteroatoms. The first kappa shape index (κ1) is 21.1. The number of nitrogens with zero attached hydrogens (tertiary/aromatic N) is 3. The molecular formula is C26H20N4O4. The van der Waals surface area contributed by atoms with Crippen molar-refractivity contribution in [2.24, 2.45) is 0 Å². The molecule has 0 bridgehead atoms. The lowest BCUT2D eigenvalue weighted by Gasteiger charge is -2.13. The molecule has 0 aliphatic carbocycles. The molecule has 3 aromatic carbocycles. The fourth-order valence-electron chi connectivity index (χ4n) is 4.26. The average Bonchev–Trinajstić information content (AvgIpc) is 3.28. The van der Waals surface area contributed by atoms with Crippen molar-refractivity contribution in [2.75, 3.05) is 5.01 Å². The number of non-ortho nitro benzene ring substituents is 1. The summed E-state index contributed by atoms with van der Waals surface area (Å²) < 4.78 is 2.03. The second kappa shape index (κ2) is 8.32. The predicted octanol–water partition coefficient (Wildman–Crippen LogP) is 4.37.